The van der Waals surface area contributed by atoms with E-state index in [0.29, 0.717) is 18.0 Å². The molecule has 12 heteroatoms. The van der Waals surface area contributed by atoms with Crippen LogP contribution in [0.2, 0.25) is 0 Å². The quantitative estimate of drug-likeness (QED) is 0.336. The van der Waals surface area contributed by atoms with Crippen molar-refractivity contribution < 1.29 is 4.92 Å². The number of nitro benzene ring substituents is 1. The Bertz CT molecular complexity index is 1350. The largest absolute Gasteiger partial charge is 0.349 e. The van der Waals surface area contributed by atoms with Gasteiger partial charge in [-0.25, -0.2) is 9.98 Å². The minimum absolute atomic E-state index is 0.0365. The average Bonchev–Trinajstić information content (AvgIpc) is 2.88. The maximum absolute atomic E-state index is 11.4. The van der Waals surface area contributed by atoms with Crippen molar-refractivity contribution >= 4 is 33.9 Å². The number of non-ortho nitro benzene ring substituents is 1. The molecule has 37 heavy (non-hydrogen) atoms. The summed E-state index contributed by atoms with van der Waals surface area (Å²) in [6, 6.07) is 6.62. The number of hydrogen-bond acceptors (Lipinski definition) is 11. The van der Waals surface area contributed by atoms with E-state index in [1.165, 1.54) is 23.5 Å². The molecule has 0 saturated carbocycles. The Morgan fingerprint density at radius 2 is 1.81 bits per heavy atom. The number of aromatic nitrogens is 2. The van der Waals surface area contributed by atoms with Gasteiger partial charge >= 0.3 is 0 Å². The van der Waals surface area contributed by atoms with Gasteiger partial charge in [-0.2, -0.15) is 4.98 Å². The normalized spacial score (nSPS) is 15.2. The standard InChI is InChI=1S/C25H33N9O2S/c1-7-13-26-20-18-17(15-9-11-16(12-10-15)34(35)36)19-21(27-14-8-2)29-25(33(5)6)31-23(19)37-22(18)30-24(28-20)32(3)4/h9-12,20,26H,7-8,13-14H2,1-6H3,(H,28,30). The van der Waals surface area contributed by atoms with Gasteiger partial charge < -0.3 is 15.1 Å². The van der Waals surface area contributed by atoms with E-state index in [1.54, 1.807) is 12.1 Å². The predicted molar refractivity (Wildman–Crippen MR) is 149 cm³/mol. The van der Waals surface area contributed by atoms with E-state index >= 15 is 0 Å². The highest BCUT2D eigenvalue weighted by molar-refractivity contribution is 7.19. The monoisotopic (exact) mass is 523 g/mol. The van der Waals surface area contributed by atoms with Gasteiger partial charge in [-0.1, -0.05) is 25.2 Å². The van der Waals surface area contributed by atoms with Crippen LogP contribution in [0.3, 0.4) is 0 Å². The summed E-state index contributed by atoms with van der Waals surface area (Å²) < 4.78 is 0. The summed E-state index contributed by atoms with van der Waals surface area (Å²) in [5.41, 5.74) is 4.13. The maximum atomic E-state index is 11.4. The van der Waals surface area contributed by atoms with E-state index in [0.717, 1.165) is 57.6 Å². The van der Waals surface area contributed by atoms with Crippen LogP contribution in [0.5, 0.6) is 0 Å². The van der Waals surface area contributed by atoms with Crippen LogP contribution in [0.1, 0.15) is 38.4 Å². The van der Waals surface area contributed by atoms with Crippen molar-refractivity contribution in [3.05, 3.63) is 45.4 Å². The molecule has 4 rings (SSSR count). The molecule has 3 aliphatic rings. The molecule has 0 aromatic heterocycles. The second-order valence-corrected chi connectivity index (χ2v) is 10.2. The van der Waals surface area contributed by atoms with Crippen molar-refractivity contribution in [2.45, 2.75) is 32.9 Å². The van der Waals surface area contributed by atoms with Crippen molar-refractivity contribution in [3.8, 4) is 21.7 Å². The fraction of sp³-hybridized carbons (Fsp3) is 0.440. The molecular weight excluding hydrogens is 490 g/mol. The Morgan fingerprint density at radius 3 is 2.41 bits per heavy atom. The zero-order valence-corrected chi connectivity index (χ0v) is 22.9. The first-order valence-electron chi connectivity index (χ1n) is 12.3. The zero-order valence-electron chi connectivity index (χ0n) is 22.1. The van der Waals surface area contributed by atoms with Gasteiger partial charge in [-0.3, -0.25) is 20.4 Å². The molecule has 0 spiro atoms. The van der Waals surface area contributed by atoms with Crippen LogP contribution in [0.4, 0.5) is 16.6 Å². The fourth-order valence-corrected chi connectivity index (χ4v) is 5.10. The second-order valence-electron chi connectivity index (χ2n) is 9.16. The molecule has 3 aliphatic heterocycles. The number of nitro groups is 1. The van der Waals surface area contributed by atoms with Gasteiger partial charge in [0.05, 0.1) is 10.5 Å². The SMILES string of the molecule is CCCN=c1nc(N(C)C)nc2sc3c(c(-c4ccc([N+](=O)[O-])cc4)c1-2)C(NCCC)N=C(N(C)C)N3. The zero-order chi connectivity index (χ0) is 26.7. The molecule has 1 aromatic rings. The lowest BCUT2D eigenvalue weighted by molar-refractivity contribution is -0.384. The molecule has 0 aliphatic carbocycles. The first-order valence-corrected chi connectivity index (χ1v) is 13.1. The molecule has 0 radical (unpaired) electrons. The van der Waals surface area contributed by atoms with Crippen LogP contribution in [0.25, 0.3) is 21.7 Å². The van der Waals surface area contributed by atoms with E-state index in [2.05, 4.69) is 24.5 Å². The maximum Gasteiger partial charge on any atom is 0.269 e. The second kappa shape index (κ2) is 11.2. The van der Waals surface area contributed by atoms with Crippen molar-refractivity contribution in [2.75, 3.05) is 51.5 Å². The molecule has 1 atom stereocenters. The third-order valence-electron chi connectivity index (χ3n) is 5.82. The minimum Gasteiger partial charge on any atom is -0.349 e. The lowest BCUT2D eigenvalue weighted by Gasteiger charge is -2.31. The molecule has 3 heterocycles. The molecule has 2 N–H and O–H groups in total. The number of nitrogens with zero attached hydrogens (tertiary/aromatic N) is 7. The van der Waals surface area contributed by atoms with Gasteiger partial charge in [-0.15, -0.1) is 0 Å². The number of guanidine groups is 1. The fourth-order valence-electron chi connectivity index (χ4n) is 4.02. The molecule has 1 unspecified atom stereocenters. The van der Waals surface area contributed by atoms with E-state index in [-0.39, 0.29) is 16.8 Å². The molecule has 196 valence electrons. The summed E-state index contributed by atoms with van der Waals surface area (Å²) in [6.07, 6.45) is 1.50. The van der Waals surface area contributed by atoms with Gasteiger partial charge in [-0.05, 0) is 37.1 Å². The third kappa shape index (κ3) is 5.39. The third-order valence-corrected chi connectivity index (χ3v) is 6.84. The van der Waals surface area contributed by atoms with Gasteiger partial charge in [0, 0.05) is 58.0 Å². The van der Waals surface area contributed by atoms with Gasteiger partial charge in [0.1, 0.15) is 16.2 Å². The summed E-state index contributed by atoms with van der Waals surface area (Å²) in [4.78, 5) is 34.3. The van der Waals surface area contributed by atoms with E-state index < -0.39 is 0 Å². The minimum atomic E-state index is -0.389. The predicted octanol–water partition coefficient (Wildman–Crippen LogP) is 3.94. The Kier molecular flexibility index (Phi) is 7.98. The number of rotatable bonds is 8. The number of hydrogen-bond donors (Lipinski definition) is 2. The number of anilines is 2. The Morgan fingerprint density at radius 1 is 1.08 bits per heavy atom. The topological polar surface area (TPSA) is 124 Å². The van der Waals surface area contributed by atoms with E-state index in [4.69, 9.17) is 20.0 Å². The summed E-state index contributed by atoms with van der Waals surface area (Å²) in [5, 5.41) is 20.1. The Hall–Kier alpha value is -3.64. The molecular formula is C25H33N9O2S. The van der Waals surface area contributed by atoms with Crippen LogP contribution in [-0.4, -0.2) is 67.0 Å². The number of benzene rings is 1. The summed E-state index contributed by atoms with van der Waals surface area (Å²) >= 11 is 1.54. The van der Waals surface area contributed by atoms with Gasteiger partial charge in [0.2, 0.25) is 11.9 Å². The van der Waals surface area contributed by atoms with Crippen LogP contribution in [-0.2, 0) is 0 Å². The smallest absolute Gasteiger partial charge is 0.269 e. The first-order chi connectivity index (χ1) is 17.7. The van der Waals surface area contributed by atoms with Crippen molar-refractivity contribution in [2.24, 2.45) is 9.98 Å². The van der Waals surface area contributed by atoms with E-state index in [1.807, 2.05) is 38.0 Å². The van der Waals surface area contributed by atoms with Crippen LogP contribution < -0.4 is 21.0 Å². The molecule has 0 saturated heterocycles. The lowest BCUT2D eigenvalue weighted by Crippen LogP contribution is -2.37. The van der Waals surface area contributed by atoms with Crippen LogP contribution in [0, 0.1) is 10.1 Å². The van der Waals surface area contributed by atoms with Gasteiger partial charge in [0.15, 0.2) is 5.49 Å². The highest BCUT2D eigenvalue weighted by Crippen LogP contribution is 2.47. The summed E-state index contributed by atoms with van der Waals surface area (Å²) in [7, 11) is 7.71. The number of fused-ring (bicyclic) bond motifs is 2. The molecule has 11 nitrogen and oxygen atoms in total. The van der Waals surface area contributed by atoms with E-state index in [9.17, 15) is 10.1 Å². The van der Waals surface area contributed by atoms with Crippen LogP contribution >= 0.6 is 11.3 Å². The molecule has 1 aromatic carbocycles. The van der Waals surface area contributed by atoms with Gasteiger partial charge in [0.25, 0.3) is 5.69 Å². The highest BCUT2D eigenvalue weighted by Gasteiger charge is 2.32. The van der Waals surface area contributed by atoms with Crippen molar-refractivity contribution in [3.63, 3.8) is 0 Å². The van der Waals surface area contributed by atoms with Crippen LogP contribution in [0.15, 0.2) is 34.3 Å². The molecule has 0 fully saturated rings. The molecule has 0 bridgehead atoms. The first kappa shape index (κ1) is 26.4. The summed E-state index contributed by atoms with van der Waals surface area (Å²) in [5.74, 6) is 1.32. The molecule has 0 amide bonds. The number of nitrogens with one attached hydrogen (secondary N) is 2. The Labute approximate surface area is 220 Å². The summed E-state index contributed by atoms with van der Waals surface area (Å²) in [6.45, 7) is 5.59. The lowest BCUT2D eigenvalue weighted by atomic mass is 9.94. The highest BCUT2D eigenvalue weighted by atomic mass is 32.1. The van der Waals surface area contributed by atoms with Crippen molar-refractivity contribution in [1.29, 1.82) is 0 Å². The number of aliphatic imine (C=N–C) groups is 1. The van der Waals surface area contributed by atoms with Crippen molar-refractivity contribution in [1.82, 2.24) is 20.2 Å². The average molecular weight is 524 g/mol. The Balaban J connectivity index is 2.12.